The van der Waals surface area contributed by atoms with Crippen molar-refractivity contribution in [3.05, 3.63) is 11.6 Å². The van der Waals surface area contributed by atoms with Gasteiger partial charge in [0.15, 0.2) is 11.8 Å². The van der Waals surface area contributed by atoms with Crippen LogP contribution in [0, 0.1) is 0 Å². The van der Waals surface area contributed by atoms with Crippen LogP contribution in [0.15, 0.2) is 4.99 Å². The molecular weight excluding hydrogens is 244 g/mol. The molecule has 7 heteroatoms. The highest BCUT2D eigenvalue weighted by Gasteiger charge is 2.13. The molecule has 106 valence electrons. The number of fused-ring (bicyclic) bond motifs is 1. The first-order valence-corrected chi connectivity index (χ1v) is 6.75. The van der Waals surface area contributed by atoms with Crippen LogP contribution in [0.3, 0.4) is 0 Å². The highest BCUT2D eigenvalue weighted by molar-refractivity contribution is 5.77. The van der Waals surface area contributed by atoms with Crippen LogP contribution in [0.4, 0.5) is 0 Å². The fourth-order valence-corrected chi connectivity index (χ4v) is 2.16. The summed E-state index contributed by atoms with van der Waals surface area (Å²) in [5.41, 5.74) is 5.76. The van der Waals surface area contributed by atoms with Gasteiger partial charge in [-0.2, -0.15) is 0 Å². The smallest absolute Gasteiger partial charge is 0.189 e. The first-order valence-electron chi connectivity index (χ1n) is 6.75. The molecule has 0 amide bonds. The van der Waals surface area contributed by atoms with Crippen molar-refractivity contribution in [3.63, 3.8) is 0 Å². The summed E-state index contributed by atoms with van der Waals surface area (Å²) in [5, 5.41) is 11.4. The van der Waals surface area contributed by atoms with Crippen LogP contribution in [0.2, 0.25) is 0 Å². The summed E-state index contributed by atoms with van der Waals surface area (Å²) in [6, 6.07) is 0. The number of methoxy groups -OCH3 is 1. The first-order chi connectivity index (χ1) is 9.31. The Morgan fingerprint density at radius 3 is 3.16 bits per heavy atom. The van der Waals surface area contributed by atoms with Gasteiger partial charge in [0.1, 0.15) is 12.4 Å². The molecule has 2 heterocycles. The number of nitrogens with zero attached hydrogens (tertiary/aromatic N) is 4. The average Bonchev–Trinajstić information content (AvgIpc) is 2.64. The number of aryl methyl sites for hydroxylation is 1. The van der Waals surface area contributed by atoms with E-state index in [1.165, 1.54) is 19.3 Å². The fraction of sp³-hybridized carbons (Fsp3) is 0.750. The highest BCUT2D eigenvalue weighted by Crippen LogP contribution is 2.14. The maximum absolute atomic E-state index is 5.76. The monoisotopic (exact) mass is 266 g/mol. The van der Waals surface area contributed by atoms with Crippen LogP contribution in [0.25, 0.3) is 0 Å². The molecule has 0 aromatic carbocycles. The van der Waals surface area contributed by atoms with E-state index in [2.05, 4.69) is 25.1 Å². The zero-order chi connectivity index (χ0) is 13.5. The fourth-order valence-electron chi connectivity index (χ4n) is 2.16. The molecule has 0 spiro atoms. The topological polar surface area (TPSA) is 90.3 Å². The predicted molar refractivity (Wildman–Crippen MR) is 72.8 cm³/mol. The second-order valence-electron chi connectivity index (χ2n) is 4.62. The third kappa shape index (κ3) is 3.92. The summed E-state index contributed by atoms with van der Waals surface area (Å²) in [4.78, 5) is 4.28. The van der Waals surface area contributed by atoms with Gasteiger partial charge in [0, 0.05) is 26.6 Å². The van der Waals surface area contributed by atoms with E-state index in [1.54, 1.807) is 7.11 Å². The van der Waals surface area contributed by atoms with Gasteiger partial charge >= 0.3 is 0 Å². The summed E-state index contributed by atoms with van der Waals surface area (Å²) >= 11 is 0. The second kappa shape index (κ2) is 7.08. The summed E-state index contributed by atoms with van der Waals surface area (Å²) in [6.45, 7) is 2.73. The van der Waals surface area contributed by atoms with E-state index in [9.17, 15) is 0 Å². The Bertz CT molecular complexity index is 428. The minimum Gasteiger partial charge on any atom is -0.383 e. The normalized spacial score (nSPS) is 15.9. The minimum atomic E-state index is 0.419. The lowest BCUT2D eigenvalue weighted by Crippen LogP contribution is -2.34. The molecule has 19 heavy (non-hydrogen) atoms. The Hall–Kier alpha value is -1.63. The van der Waals surface area contributed by atoms with Gasteiger partial charge in [0.25, 0.3) is 0 Å². The van der Waals surface area contributed by atoms with Crippen molar-refractivity contribution >= 4 is 5.96 Å². The SMILES string of the molecule is COCCNC(N)=NCc1nnc2n1CCCCC2. The van der Waals surface area contributed by atoms with Gasteiger partial charge in [-0.3, -0.25) is 0 Å². The summed E-state index contributed by atoms with van der Waals surface area (Å²) < 4.78 is 7.11. The molecule has 2 rings (SSSR count). The van der Waals surface area contributed by atoms with Crippen LogP contribution in [0.1, 0.15) is 30.9 Å². The third-order valence-corrected chi connectivity index (χ3v) is 3.19. The number of ether oxygens (including phenoxy) is 1. The molecule has 0 radical (unpaired) electrons. The predicted octanol–water partition coefficient (Wildman–Crippen LogP) is 0.0552. The quantitative estimate of drug-likeness (QED) is 0.446. The van der Waals surface area contributed by atoms with E-state index in [1.807, 2.05) is 0 Å². The van der Waals surface area contributed by atoms with E-state index in [-0.39, 0.29) is 0 Å². The van der Waals surface area contributed by atoms with Crippen molar-refractivity contribution in [2.24, 2.45) is 10.7 Å². The van der Waals surface area contributed by atoms with Gasteiger partial charge in [-0.15, -0.1) is 10.2 Å². The maximum Gasteiger partial charge on any atom is 0.189 e. The molecule has 0 aliphatic carbocycles. The zero-order valence-electron chi connectivity index (χ0n) is 11.4. The molecule has 1 aliphatic rings. The molecule has 0 saturated carbocycles. The number of hydrogen-bond donors (Lipinski definition) is 2. The van der Waals surface area contributed by atoms with E-state index >= 15 is 0 Å². The number of guanidine groups is 1. The van der Waals surface area contributed by atoms with Crippen LogP contribution >= 0.6 is 0 Å². The second-order valence-corrected chi connectivity index (χ2v) is 4.62. The number of hydrogen-bond acceptors (Lipinski definition) is 4. The molecule has 7 nitrogen and oxygen atoms in total. The molecule has 0 saturated heterocycles. The van der Waals surface area contributed by atoms with Gasteiger partial charge in [0.05, 0.1) is 6.61 Å². The van der Waals surface area contributed by atoms with Gasteiger partial charge < -0.3 is 20.4 Å². The van der Waals surface area contributed by atoms with Crippen molar-refractivity contribution < 1.29 is 4.74 Å². The highest BCUT2D eigenvalue weighted by atomic mass is 16.5. The largest absolute Gasteiger partial charge is 0.383 e. The Labute approximate surface area is 113 Å². The molecule has 0 unspecified atom stereocenters. The van der Waals surface area contributed by atoms with Gasteiger partial charge in [-0.1, -0.05) is 6.42 Å². The molecule has 0 atom stereocenters. The number of nitrogens with one attached hydrogen (secondary N) is 1. The molecular formula is C12H22N6O. The van der Waals surface area contributed by atoms with Gasteiger partial charge in [-0.25, -0.2) is 4.99 Å². The summed E-state index contributed by atoms with van der Waals surface area (Å²) in [5.74, 6) is 2.39. The van der Waals surface area contributed by atoms with Crippen LogP contribution in [0.5, 0.6) is 0 Å². The lowest BCUT2D eigenvalue weighted by Gasteiger charge is -2.06. The molecule has 0 fully saturated rings. The lowest BCUT2D eigenvalue weighted by atomic mass is 10.2. The number of rotatable bonds is 5. The number of aliphatic imine (C=N–C) groups is 1. The Balaban J connectivity index is 1.92. The van der Waals surface area contributed by atoms with E-state index < -0.39 is 0 Å². The van der Waals surface area contributed by atoms with E-state index in [4.69, 9.17) is 10.5 Å². The Morgan fingerprint density at radius 1 is 1.42 bits per heavy atom. The van der Waals surface area contributed by atoms with E-state index in [0.717, 1.165) is 24.6 Å². The van der Waals surface area contributed by atoms with Gasteiger partial charge in [0.2, 0.25) is 0 Å². The third-order valence-electron chi connectivity index (χ3n) is 3.19. The minimum absolute atomic E-state index is 0.419. The molecule has 3 N–H and O–H groups in total. The number of nitrogens with two attached hydrogens (primary N) is 1. The first kappa shape index (κ1) is 13.8. The molecule has 1 aromatic rings. The summed E-state index contributed by atoms with van der Waals surface area (Å²) in [7, 11) is 1.65. The molecule has 1 aromatic heterocycles. The zero-order valence-corrected chi connectivity index (χ0v) is 11.4. The Kier molecular flexibility index (Phi) is 5.14. The Morgan fingerprint density at radius 2 is 2.32 bits per heavy atom. The molecule has 1 aliphatic heterocycles. The van der Waals surface area contributed by atoms with Crippen molar-refractivity contribution in [1.82, 2.24) is 20.1 Å². The van der Waals surface area contributed by atoms with E-state index in [0.29, 0.717) is 25.7 Å². The average molecular weight is 266 g/mol. The van der Waals surface area contributed by atoms with Gasteiger partial charge in [-0.05, 0) is 12.8 Å². The van der Waals surface area contributed by atoms with Crippen molar-refractivity contribution in [1.29, 1.82) is 0 Å². The van der Waals surface area contributed by atoms with Crippen LogP contribution < -0.4 is 11.1 Å². The van der Waals surface area contributed by atoms with Crippen LogP contribution in [-0.4, -0.2) is 41.0 Å². The lowest BCUT2D eigenvalue weighted by molar-refractivity contribution is 0.204. The summed E-state index contributed by atoms with van der Waals surface area (Å²) in [6.07, 6.45) is 4.65. The standard InChI is InChI=1S/C12H22N6O/c1-19-8-6-14-12(13)15-9-11-17-16-10-5-3-2-4-7-18(10)11/h2-9H2,1H3,(H3,13,14,15). The van der Waals surface area contributed by atoms with Crippen molar-refractivity contribution in [3.8, 4) is 0 Å². The van der Waals surface area contributed by atoms with Crippen molar-refractivity contribution in [2.45, 2.75) is 38.8 Å². The van der Waals surface area contributed by atoms with Crippen LogP contribution in [-0.2, 0) is 24.2 Å². The maximum atomic E-state index is 5.76. The number of aromatic nitrogens is 3. The molecule has 0 bridgehead atoms. The van der Waals surface area contributed by atoms with Crippen molar-refractivity contribution in [2.75, 3.05) is 20.3 Å².